The molecular weight excluding hydrogens is 270 g/mol. The monoisotopic (exact) mass is 285 g/mol. The smallest absolute Gasteiger partial charge is 0.327 e. The summed E-state index contributed by atoms with van der Waals surface area (Å²) < 4.78 is 5.52. The Balaban J connectivity index is 2.26. The molecule has 7 heteroatoms. The fourth-order valence-corrected chi connectivity index (χ4v) is 2.38. The molecule has 0 unspecified atom stereocenters. The molecule has 0 aliphatic carbocycles. The van der Waals surface area contributed by atoms with E-state index in [2.05, 4.69) is 14.7 Å². The Bertz CT molecular complexity index is 523. The molecule has 0 amide bonds. The number of halogens is 1. The number of carbonyl (C=O) groups is 1. The van der Waals surface area contributed by atoms with E-state index in [-0.39, 0.29) is 11.6 Å². The number of rotatable bonds is 3. The molecule has 0 spiro atoms. The minimum Gasteiger partial charge on any atom is -0.468 e. The fourth-order valence-electron chi connectivity index (χ4n) is 2.11. The van der Waals surface area contributed by atoms with Crippen molar-refractivity contribution in [2.45, 2.75) is 25.8 Å². The van der Waals surface area contributed by atoms with E-state index >= 15 is 0 Å². The normalized spacial score (nSPS) is 15.4. The third kappa shape index (κ3) is 3.07. The van der Waals surface area contributed by atoms with Crippen LogP contribution < -0.4 is 10.5 Å². The SMILES string of the molecule is COC(=O)Cn1ncc(N2CCCCC2)c(Cl)c1=O. The Hall–Kier alpha value is -1.56. The van der Waals surface area contributed by atoms with Gasteiger partial charge in [0.15, 0.2) is 0 Å². The minimum absolute atomic E-state index is 0.112. The molecule has 2 heterocycles. The van der Waals surface area contributed by atoms with E-state index in [1.807, 2.05) is 0 Å². The van der Waals surface area contributed by atoms with Crippen LogP contribution in [0.4, 0.5) is 5.69 Å². The van der Waals surface area contributed by atoms with Crippen molar-refractivity contribution in [3.63, 3.8) is 0 Å². The zero-order chi connectivity index (χ0) is 13.8. The van der Waals surface area contributed by atoms with Crippen molar-refractivity contribution in [2.75, 3.05) is 25.1 Å². The first-order chi connectivity index (χ1) is 9.13. The number of hydrogen-bond acceptors (Lipinski definition) is 5. The molecule has 0 radical (unpaired) electrons. The Morgan fingerprint density at radius 1 is 1.42 bits per heavy atom. The summed E-state index contributed by atoms with van der Waals surface area (Å²) in [7, 11) is 1.26. The number of ether oxygens (including phenoxy) is 1. The highest BCUT2D eigenvalue weighted by atomic mass is 35.5. The van der Waals surface area contributed by atoms with Gasteiger partial charge >= 0.3 is 5.97 Å². The quantitative estimate of drug-likeness (QED) is 0.777. The first-order valence-corrected chi connectivity index (χ1v) is 6.58. The molecule has 1 aromatic heterocycles. The summed E-state index contributed by atoms with van der Waals surface area (Å²) in [6, 6.07) is 0. The lowest BCUT2D eigenvalue weighted by Gasteiger charge is -2.29. The summed E-state index contributed by atoms with van der Waals surface area (Å²) in [5.41, 5.74) is 0.183. The predicted octanol–water partition coefficient (Wildman–Crippen LogP) is 1.06. The van der Waals surface area contributed by atoms with Crippen LogP contribution in [-0.4, -0.2) is 35.9 Å². The van der Waals surface area contributed by atoms with Gasteiger partial charge in [0.1, 0.15) is 11.6 Å². The molecule has 19 heavy (non-hydrogen) atoms. The zero-order valence-corrected chi connectivity index (χ0v) is 11.5. The molecule has 6 nitrogen and oxygen atoms in total. The summed E-state index contributed by atoms with van der Waals surface area (Å²) >= 11 is 6.09. The highest BCUT2D eigenvalue weighted by Gasteiger charge is 2.18. The van der Waals surface area contributed by atoms with Crippen LogP contribution in [0.3, 0.4) is 0 Å². The second-order valence-electron chi connectivity index (χ2n) is 4.43. The summed E-state index contributed by atoms with van der Waals surface area (Å²) in [4.78, 5) is 25.2. The van der Waals surface area contributed by atoms with Gasteiger partial charge < -0.3 is 9.64 Å². The van der Waals surface area contributed by atoms with E-state index in [4.69, 9.17) is 11.6 Å². The third-order valence-corrected chi connectivity index (χ3v) is 3.53. The molecule has 0 N–H and O–H groups in total. The largest absolute Gasteiger partial charge is 0.468 e. The Kier molecular flexibility index (Phi) is 4.42. The van der Waals surface area contributed by atoms with E-state index in [1.165, 1.54) is 19.7 Å². The van der Waals surface area contributed by atoms with Crippen molar-refractivity contribution < 1.29 is 9.53 Å². The number of carbonyl (C=O) groups excluding carboxylic acids is 1. The summed E-state index contributed by atoms with van der Waals surface area (Å²) in [6.45, 7) is 1.53. The summed E-state index contributed by atoms with van der Waals surface area (Å²) in [5, 5.41) is 4.09. The second kappa shape index (κ2) is 6.06. The predicted molar refractivity (Wildman–Crippen MR) is 71.6 cm³/mol. The molecule has 0 saturated carbocycles. The van der Waals surface area contributed by atoms with Crippen LogP contribution >= 0.6 is 11.6 Å². The van der Waals surface area contributed by atoms with Gasteiger partial charge in [0, 0.05) is 13.1 Å². The molecule has 0 atom stereocenters. The first-order valence-electron chi connectivity index (χ1n) is 6.21. The van der Waals surface area contributed by atoms with E-state index in [9.17, 15) is 9.59 Å². The molecule has 2 rings (SSSR count). The number of hydrogen-bond donors (Lipinski definition) is 0. The van der Waals surface area contributed by atoms with E-state index < -0.39 is 11.5 Å². The number of methoxy groups -OCH3 is 1. The van der Waals surface area contributed by atoms with Gasteiger partial charge in [0.25, 0.3) is 5.56 Å². The average molecular weight is 286 g/mol. The molecule has 0 bridgehead atoms. The maximum Gasteiger partial charge on any atom is 0.327 e. The number of piperidine rings is 1. The zero-order valence-electron chi connectivity index (χ0n) is 10.8. The van der Waals surface area contributed by atoms with E-state index in [0.29, 0.717) is 5.69 Å². The lowest BCUT2D eigenvalue weighted by molar-refractivity contribution is -0.141. The lowest BCUT2D eigenvalue weighted by atomic mass is 10.1. The second-order valence-corrected chi connectivity index (χ2v) is 4.81. The fraction of sp³-hybridized carbons (Fsp3) is 0.583. The molecule has 1 aromatic rings. The van der Waals surface area contributed by atoms with Gasteiger partial charge in [-0.3, -0.25) is 9.59 Å². The van der Waals surface area contributed by atoms with Crippen LogP contribution in [-0.2, 0) is 16.1 Å². The van der Waals surface area contributed by atoms with Gasteiger partial charge in [0.05, 0.1) is 19.0 Å². The molecule has 0 aromatic carbocycles. The van der Waals surface area contributed by atoms with Crippen molar-refractivity contribution in [3.8, 4) is 0 Å². The number of anilines is 1. The molecule has 1 fully saturated rings. The molecular formula is C12H16ClN3O3. The van der Waals surface area contributed by atoms with Crippen LogP contribution in [0, 0.1) is 0 Å². The highest BCUT2D eigenvalue weighted by molar-refractivity contribution is 6.33. The van der Waals surface area contributed by atoms with Crippen LogP contribution in [0.15, 0.2) is 11.0 Å². The summed E-state index contributed by atoms with van der Waals surface area (Å²) in [6.07, 6.45) is 4.90. The van der Waals surface area contributed by atoms with Crippen molar-refractivity contribution in [3.05, 3.63) is 21.6 Å². The lowest BCUT2D eigenvalue weighted by Crippen LogP contribution is -2.34. The maximum atomic E-state index is 12.0. The topological polar surface area (TPSA) is 64.4 Å². The molecule has 1 aliphatic heterocycles. The van der Waals surface area contributed by atoms with E-state index in [1.54, 1.807) is 0 Å². The van der Waals surface area contributed by atoms with Gasteiger partial charge in [-0.05, 0) is 19.3 Å². The van der Waals surface area contributed by atoms with Gasteiger partial charge in [-0.25, -0.2) is 4.68 Å². The van der Waals surface area contributed by atoms with Gasteiger partial charge in [-0.1, -0.05) is 11.6 Å². The van der Waals surface area contributed by atoms with Crippen LogP contribution in [0.1, 0.15) is 19.3 Å². The van der Waals surface area contributed by atoms with Crippen molar-refractivity contribution in [2.24, 2.45) is 0 Å². The number of aromatic nitrogens is 2. The van der Waals surface area contributed by atoms with Crippen molar-refractivity contribution >= 4 is 23.3 Å². The van der Waals surface area contributed by atoms with Crippen LogP contribution in [0.2, 0.25) is 5.02 Å². The molecule has 1 saturated heterocycles. The molecule has 1 aliphatic rings. The molecule has 104 valence electrons. The first kappa shape index (κ1) is 13.9. The van der Waals surface area contributed by atoms with Crippen molar-refractivity contribution in [1.82, 2.24) is 9.78 Å². The van der Waals surface area contributed by atoms with Gasteiger partial charge in [0.2, 0.25) is 0 Å². The Labute approximate surface area is 115 Å². The summed E-state index contributed by atoms with van der Waals surface area (Å²) in [5.74, 6) is -0.531. The van der Waals surface area contributed by atoms with Crippen LogP contribution in [0.5, 0.6) is 0 Å². The number of esters is 1. The maximum absolute atomic E-state index is 12.0. The Morgan fingerprint density at radius 3 is 2.74 bits per heavy atom. The van der Waals surface area contributed by atoms with Crippen LogP contribution in [0.25, 0.3) is 0 Å². The van der Waals surface area contributed by atoms with Gasteiger partial charge in [-0.15, -0.1) is 0 Å². The minimum atomic E-state index is -0.531. The Morgan fingerprint density at radius 2 is 2.11 bits per heavy atom. The van der Waals surface area contributed by atoms with Gasteiger partial charge in [-0.2, -0.15) is 5.10 Å². The average Bonchev–Trinajstić information content (AvgIpc) is 2.45. The van der Waals surface area contributed by atoms with Crippen molar-refractivity contribution in [1.29, 1.82) is 0 Å². The highest BCUT2D eigenvalue weighted by Crippen LogP contribution is 2.24. The third-order valence-electron chi connectivity index (χ3n) is 3.17. The van der Waals surface area contributed by atoms with E-state index in [0.717, 1.165) is 30.6 Å². The standard InChI is InChI=1S/C12H16ClN3O3/c1-19-10(17)8-16-12(18)11(13)9(7-14-16)15-5-3-2-4-6-15/h7H,2-6,8H2,1H3. The number of nitrogens with zero attached hydrogens (tertiary/aromatic N) is 3.